The van der Waals surface area contributed by atoms with Gasteiger partial charge in [0.2, 0.25) is 0 Å². The highest BCUT2D eigenvalue weighted by molar-refractivity contribution is 5.98. The van der Waals surface area contributed by atoms with Gasteiger partial charge < -0.3 is 0 Å². The number of para-hydroxylation sites is 4. The van der Waals surface area contributed by atoms with Crippen molar-refractivity contribution in [3.05, 3.63) is 169 Å². The maximum absolute atomic E-state index is 5.32. The summed E-state index contributed by atoms with van der Waals surface area (Å²) in [5, 5.41) is 2.22. The maximum atomic E-state index is 5.32. The van der Waals surface area contributed by atoms with Gasteiger partial charge in [-0.25, -0.2) is 19.9 Å². The summed E-state index contributed by atoms with van der Waals surface area (Å²) in [5.74, 6) is 1.64. The third-order valence-electron chi connectivity index (χ3n) is 10.9. The number of benzene rings is 6. The van der Waals surface area contributed by atoms with Gasteiger partial charge in [-0.3, -0.25) is 9.13 Å². The first-order valence-corrected chi connectivity index (χ1v) is 18.0. The Morgan fingerprint density at radius 2 is 0.811 bits per heavy atom. The van der Waals surface area contributed by atoms with Crippen LogP contribution in [0, 0.1) is 0 Å². The van der Waals surface area contributed by atoms with Gasteiger partial charge in [-0.1, -0.05) is 98.8 Å². The zero-order chi connectivity index (χ0) is 35.3. The number of rotatable bonds is 4. The number of aromatic nitrogens is 6. The van der Waals surface area contributed by atoms with Crippen LogP contribution in [-0.4, -0.2) is 29.1 Å². The summed E-state index contributed by atoms with van der Waals surface area (Å²) in [4.78, 5) is 20.8. The van der Waals surface area contributed by atoms with Crippen LogP contribution in [0.5, 0.6) is 0 Å². The summed E-state index contributed by atoms with van der Waals surface area (Å²) in [6.07, 6.45) is 0. The first-order valence-electron chi connectivity index (χ1n) is 18.0. The van der Waals surface area contributed by atoms with E-state index in [1.165, 1.54) is 22.3 Å². The lowest BCUT2D eigenvalue weighted by Crippen LogP contribution is -2.15. The molecule has 0 amide bonds. The molecular weight excluding hydrogens is 649 g/mol. The summed E-state index contributed by atoms with van der Waals surface area (Å²) in [5.41, 5.74) is 14.3. The monoisotopic (exact) mass is 680 g/mol. The van der Waals surface area contributed by atoms with E-state index in [9.17, 15) is 0 Å². The lowest BCUT2D eigenvalue weighted by Gasteiger charge is -2.22. The van der Waals surface area contributed by atoms with Gasteiger partial charge in [-0.2, -0.15) is 0 Å². The Bertz CT molecular complexity index is 2870. The van der Waals surface area contributed by atoms with Crippen LogP contribution in [0.1, 0.15) is 25.0 Å². The van der Waals surface area contributed by atoms with Gasteiger partial charge in [0.25, 0.3) is 0 Å². The molecule has 6 heteroatoms. The van der Waals surface area contributed by atoms with Crippen molar-refractivity contribution in [3.63, 3.8) is 0 Å². The van der Waals surface area contributed by atoms with Gasteiger partial charge >= 0.3 is 0 Å². The van der Waals surface area contributed by atoms with Crippen LogP contribution in [-0.2, 0) is 5.41 Å². The van der Waals surface area contributed by atoms with E-state index in [1.54, 1.807) is 0 Å². The number of fused-ring (bicyclic) bond motifs is 7. The van der Waals surface area contributed by atoms with E-state index in [-0.39, 0.29) is 5.41 Å². The molecule has 10 aromatic rings. The van der Waals surface area contributed by atoms with Crippen molar-refractivity contribution in [2.45, 2.75) is 19.3 Å². The minimum Gasteiger partial charge on any atom is -0.291 e. The third kappa shape index (κ3) is 4.45. The van der Waals surface area contributed by atoms with Crippen LogP contribution in [0.15, 0.2) is 158 Å². The zero-order valence-electron chi connectivity index (χ0n) is 29.2. The molecular formula is C47H32N6. The lowest BCUT2D eigenvalue weighted by molar-refractivity contribution is 0.661. The minimum absolute atomic E-state index is 0.284. The molecule has 6 nitrogen and oxygen atoms in total. The molecule has 0 radical (unpaired) electrons. The van der Waals surface area contributed by atoms with Gasteiger partial charge in [0, 0.05) is 27.6 Å². The van der Waals surface area contributed by atoms with Crippen LogP contribution < -0.4 is 0 Å². The normalized spacial score (nSPS) is 13.2. The zero-order valence-corrected chi connectivity index (χ0v) is 29.2. The summed E-state index contributed by atoms with van der Waals surface area (Å²) in [6.45, 7) is 4.67. The van der Waals surface area contributed by atoms with E-state index in [0.717, 1.165) is 78.3 Å². The second kappa shape index (κ2) is 11.0. The summed E-state index contributed by atoms with van der Waals surface area (Å²) in [6, 6.07) is 55.1. The van der Waals surface area contributed by atoms with E-state index in [4.69, 9.17) is 19.9 Å². The van der Waals surface area contributed by atoms with Crippen molar-refractivity contribution in [3.8, 4) is 45.5 Å². The predicted molar refractivity (Wildman–Crippen MR) is 215 cm³/mol. The van der Waals surface area contributed by atoms with Crippen molar-refractivity contribution < 1.29 is 0 Å². The second-order valence-corrected chi connectivity index (χ2v) is 14.4. The Kier molecular flexibility index (Phi) is 6.20. The highest BCUT2D eigenvalue weighted by atomic mass is 15.1. The van der Waals surface area contributed by atoms with Crippen molar-refractivity contribution >= 4 is 43.9 Å². The minimum atomic E-state index is -0.284. The maximum Gasteiger partial charge on any atom is 0.164 e. The largest absolute Gasteiger partial charge is 0.291 e. The smallest absolute Gasteiger partial charge is 0.164 e. The van der Waals surface area contributed by atoms with Gasteiger partial charge in [-0.05, 0) is 95.1 Å². The highest BCUT2D eigenvalue weighted by Gasteiger charge is 2.38. The number of nitrogens with zero attached hydrogens (tertiary/aromatic N) is 6. The molecule has 0 spiro atoms. The van der Waals surface area contributed by atoms with Gasteiger partial charge in [0.1, 0.15) is 11.4 Å². The Morgan fingerprint density at radius 1 is 0.396 bits per heavy atom. The molecule has 0 saturated heterocycles. The van der Waals surface area contributed by atoms with Crippen molar-refractivity contribution in [2.24, 2.45) is 0 Å². The Morgan fingerprint density at radius 3 is 1.26 bits per heavy atom. The SMILES string of the molecule is CC1(C)c2cc3c(cc2-c2cc4nc(-c5ccc6ccccc6n5)n(-c5ccccc5)c4cc21)nc(-c1ccc2ccccc2n1)n3-c1ccccc1. The number of pyridine rings is 2. The average Bonchev–Trinajstić information content (AvgIpc) is 3.84. The molecule has 1 aliphatic rings. The molecule has 4 aromatic heterocycles. The molecule has 11 rings (SSSR count). The van der Waals surface area contributed by atoms with E-state index in [2.05, 4.69) is 156 Å². The molecule has 0 saturated carbocycles. The average molecular weight is 681 g/mol. The molecule has 0 aliphatic heterocycles. The van der Waals surface area contributed by atoms with Gasteiger partial charge in [-0.15, -0.1) is 0 Å². The van der Waals surface area contributed by atoms with Crippen LogP contribution in [0.4, 0.5) is 0 Å². The first-order chi connectivity index (χ1) is 26.0. The van der Waals surface area contributed by atoms with Crippen LogP contribution >= 0.6 is 0 Å². The van der Waals surface area contributed by atoms with Gasteiger partial charge in [0.15, 0.2) is 11.6 Å². The van der Waals surface area contributed by atoms with Gasteiger partial charge in [0.05, 0.1) is 33.1 Å². The molecule has 6 aromatic carbocycles. The highest BCUT2D eigenvalue weighted by Crippen LogP contribution is 2.52. The number of hydrogen-bond acceptors (Lipinski definition) is 4. The fraction of sp³-hybridized carbons (Fsp3) is 0.0638. The predicted octanol–water partition coefficient (Wildman–Crippen LogP) is 11.1. The third-order valence-corrected chi connectivity index (χ3v) is 10.9. The van der Waals surface area contributed by atoms with E-state index >= 15 is 0 Å². The summed E-state index contributed by atoms with van der Waals surface area (Å²) >= 11 is 0. The topological polar surface area (TPSA) is 61.4 Å². The summed E-state index contributed by atoms with van der Waals surface area (Å²) in [7, 11) is 0. The van der Waals surface area contributed by atoms with Crippen molar-refractivity contribution in [2.75, 3.05) is 0 Å². The van der Waals surface area contributed by atoms with Crippen molar-refractivity contribution in [1.82, 2.24) is 29.1 Å². The first kappa shape index (κ1) is 29.8. The van der Waals surface area contributed by atoms with E-state index in [0.29, 0.717) is 0 Å². The van der Waals surface area contributed by atoms with E-state index < -0.39 is 0 Å². The lowest BCUT2D eigenvalue weighted by atomic mass is 9.82. The molecule has 0 bridgehead atoms. The molecule has 0 fully saturated rings. The molecule has 53 heavy (non-hydrogen) atoms. The van der Waals surface area contributed by atoms with Crippen LogP contribution in [0.3, 0.4) is 0 Å². The summed E-state index contributed by atoms with van der Waals surface area (Å²) < 4.78 is 4.52. The van der Waals surface area contributed by atoms with Crippen LogP contribution in [0.2, 0.25) is 0 Å². The van der Waals surface area contributed by atoms with Crippen molar-refractivity contribution in [1.29, 1.82) is 0 Å². The Hall–Kier alpha value is -6.92. The molecule has 250 valence electrons. The molecule has 1 aliphatic carbocycles. The molecule has 0 atom stereocenters. The second-order valence-electron chi connectivity index (χ2n) is 14.4. The Labute approximate surface area is 305 Å². The standard InChI is InChI=1S/C47H32N6/c1-47(2)35-27-43-41(50-45(52(43)31-15-5-3-6-16-31)39-23-21-29-13-9-11-19-37(29)48-39)25-33(35)34-26-42-44(28-36(34)47)53(32-17-7-4-8-18-32)46(51-42)40-24-22-30-14-10-12-20-38(30)49-40/h3-28H,1-2H3. The molecule has 0 unspecified atom stereocenters. The fourth-order valence-electron chi connectivity index (χ4n) is 8.27. The molecule has 0 N–H and O–H groups in total. The number of imidazole rings is 2. The quantitative estimate of drug-likeness (QED) is 0.186. The fourth-order valence-corrected chi connectivity index (χ4v) is 8.27. The van der Waals surface area contributed by atoms with E-state index in [1.807, 2.05) is 24.3 Å². The number of hydrogen-bond donors (Lipinski definition) is 0. The van der Waals surface area contributed by atoms with Crippen LogP contribution in [0.25, 0.3) is 89.4 Å². The molecule has 4 heterocycles. The Balaban J connectivity index is 1.14.